The monoisotopic (exact) mass is 556 g/mol. The molecule has 0 aliphatic heterocycles. The number of fused-ring (bicyclic) bond motifs is 9. The highest BCUT2D eigenvalue weighted by Gasteiger charge is 2.20. The Bertz CT molecular complexity index is 2520. The zero-order chi connectivity index (χ0) is 27.9. The van der Waals surface area contributed by atoms with E-state index in [1.54, 1.807) is 0 Å². The van der Waals surface area contributed by atoms with Gasteiger partial charge in [-0.05, 0) is 53.9 Å². The minimum Gasteiger partial charge on any atom is -0.343 e. The molecule has 2 nitrogen and oxygen atoms in total. The molecule has 0 aliphatic rings. The van der Waals surface area contributed by atoms with E-state index in [-0.39, 0.29) is 0 Å². The van der Waals surface area contributed by atoms with Gasteiger partial charge in [0.1, 0.15) is 0 Å². The van der Waals surface area contributed by atoms with Gasteiger partial charge in [0.25, 0.3) is 0 Å². The molecule has 0 saturated carbocycles. The van der Waals surface area contributed by atoms with Crippen LogP contribution in [0.4, 0.5) is 0 Å². The van der Waals surface area contributed by atoms with Crippen LogP contribution in [-0.2, 0) is 13.5 Å². The van der Waals surface area contributed by atoms with Crippen LogP contribution in [0.5, 0.6) is 0 Å². The number of aryl methyl sites for hydroxylation is 2. The van der Waals surface area contributed by atoms with Gasteiger partial charge in [0, 0.05) is 65.5 Å². The lowest BCUT2D eigenvalue weighted by atomic mass is 9.97. The maximum absolute atomic E-state index is 2.49. The minimum atomic E-state index is 1.00. The highest BCUT2D eigenvalue weighted by atomic mass is 32.1. The van der Waals surface area contributed by atoms with Crippen molar-refractivity contribution in [2.45, 2.75) is 13.3 Å². The van der Waals surface area contributed by atoms with E-state index in [0.717, 1.165) is 6.42 Å². The molecule has 0 spiro atoms. The summed E-state index contributed by atoms with van der Waals surface area (Å²) in [6, 6.07) is 44.9. The molecule has 0 aliphatic carbocycles. The van der Waals surface area contributed by atoms with Crippen molar-refractivity contribution < 1.29 is 0 Å². The topological polar surface area (TPSA) is 9.86 Å². The second kappa shape index (κ2) is 8.82. The Labute approximate surface area is 247 Å². The summed E-state index contributed by atoms with van der Waals surface area (Å²) >= 11 is 1.92. The van der Waals surface area contributed by atoms with Crippen LogP contribution in [0.2, 0.25) is 0 Å². The van der Waals surface area contributed by atoms with Gasteiger partial charge in [0.2, 0.25) is 0 Å². The van der Waals surface area contributed by atoms with Crippen molar-refractivity contribution in [3.63, 3.8) is 0 Å². The van der Waals surface area contributed by atoms with Gasteiger partial charge in [-0.2, -0.15) is 0 Å². The summed E-state index contributed by atoms with van der Waals surface area (Å²) in [4.78, 5) is 0. The van der Waals surface area contributed by atoms with Gasteiger partial charge in [-0.15, -0.1) is 11.3 Å². The van der Waals surface area contributed by atoms with E-state index < -0.39 is 0 Å². The molecule has 0 atom stereocenters. The third-order valence-electron chi connectivity index (χ3n) is 9.09. The molecule has 3 aromatic heterocycles. The SMILES string of the molecule is CCc1cc(-n2c3ccccc3c3c(-c4cccc5c6ccccc6n(C)c45)cccc32)cc2c1sc1ccccc12. The third kappa shape index (κ3) is 3.14. The van der Waals surface area contributed by atoms with Crippen LogP contribution < -0.4 is 0 Å². The van der Waals surface area contributed by atoms with Crippen LogP contribution >= 0.6 is 11.3 Å². The summed E-state index contributed by atoms with van der Waals surface area (Å²) in [6.07, 6.45) is 1.00. The Hall–Kier alpha value is -4.86. The number of rotatable bonds is 3. The molecule has 0 bridgehead atoms. The second-order valence-electron chi connectivity index (χ2n) is 11.3. The summed E-state index contributed by atoms with van der Waals surface area (Å²) in [5, 5.41) is 7.89. The highest BCUT2D eigenvalue weighted by Crippen LogP contribution is 2.44. The van der Waals surface area contributed by atoms with Gasteiger partial charge in [-0.25, -0.2) is 0 Å². The maximum Gasteiger partial charge on any atom is 0.0568 e. The Balaban J connectivity index is 1.40. The Kier molecular flexibility index (Phi) is 5.00. The molecule has 0 fully saturated rings. The largest absolute Gasteiger partial charge is 0.343 e. The van der Waals surface area contributed by atoms with Crippen LogP contribution in [0.15, 0.2) is 121 Å². The molecule has 0 amide bonds. The molecule has 0 radical (unpaired) electrons. The Morgan fingerprint density at radius 2 is 1.24 bits per heavy atom. The zero-order valence-electron chi connectivity index (χ0n) is 23.6. The molecule has 0 unspecified atom stereocenters. The van der Waals surface area contributed by atoms with E-state index in [4.69, 9.17) is 0 Å². The van der Waals surface area contributed by atoms with Crippen molar-refractivity contribution in [3.8, 4) is 16.8 Å². The van der Waals surface area contributed by atoms with Crippen molar-refractivity contribution >= 4 is 75.1 Å². The zero-order valence-corrected chi connectivity index (χ0v) is 24.4. The number of hydrogen-bond donors (Lipinski definition) is 0. The van der Waals surface area contributed by atoms with Crippen LogP contribution in [0.25, 0.3) is 80.6 Å². The number of thiophene rings is 1. The van der Waals surface area contributed by atoms with E-state index in [9.17, 15) is 0 Å². The van der Waals surface area contributed by atoms with E-state index in [1.807, 2.05) is 11.3 Å². The molecule has 9 aromatic rings. The summed E-state index contributed by atoms with van der Waals surface area (Å²) in [5.74, 6) is 0. The fourth-order valence-corrected chi connectivity index (χ4v) is 8.52. The maximum atomic E-state index is 2.49. The van der Waals surface area contributed by atoms with Crippen molar-refractivity contribution in [1.29, 1.82) is 0 Å². The van der Waals surface area contributed by atoms with Gasteiger partial charge in [0.15, 0.2) is 0 Å². The Morgan fingerprint density at radius 3 is 2.10 bits per heavy atom. The number of benzene rings is 6. The molecule has 9 rings (SSSR count). The van der Waals surface area contributed by atoms with Crippen LogP contribution in [-0.4, -0.2) is 9.13 Å². The predicted molar refractivity (Wildman–Crippen MR) is 182 cm³/mol. The van der Waals surface area contributed by atoms with E-state index in [0.29, 0.717) is 0 Å². The van der Waals surface area contributed by atoms with Crippen LogP contribution in [0.3, 0.4) is 0 Å². The lowest BCUT2D eigenvalue weighted by Crippen LogP contribution is -1.96. The first-order valence-electron chi connectivity index (χ1n) is 14.7. The standard InChI is InChI=1S/C39H28N2S/c1-3-24-22-25(23-32-27-13-6-9-21-36(27)42-39(24)32)41-34-19-8-5-14-31(34)37-28(15-11-20-35(37)41)30-17-10-16-29-26-12-4-7-18-33(26)40(2)38(29)30/h4-23H,3H2,1-2H3. The first-order chi connectivity index (χ1) is 20.7. The van der Waals surface area contributed by atoms with Gasteiger partial charge in [-0.3, -0.25) is 0 Å². The first-order valence-corrected chi connectivity index (χ1v) is 15.5. The average Bonchev–Trinajstić information content (AvgIpc) is 3.69. The minimum absolute atomic E-state index is 1.00. The molecular weight excluding hydrogens is 529 g/mol. The van der Waals surface area contributed by atoms with Crippen molar-refractivity contribution in [2.75, 3.05) is 0 Å². The smallest absolute Gasteiger partial charge is 0.0568 e. The number of nitrogens with zero attached hydrogens (tertiary/aromatic N) is 2. The summed E-state index contributed by atoms with van der Waals surface area (Å²) in [6.45, 7) is 2.28. The normalized spacial score (nSPS) is 12.1. The number of hydrogen-bond acceptors (Lipinski definition) is 1. The fraction of sp³-hybridized carbons (Fsp3) is 0.0769. The molecule has 0 saturated heterocycles. The summed E-state index contributed by atoms with van der Waals surface area (Å²) in [7, 11) is 2.20. The quantitative estimate of drug-likeness (QED) is 0.205. The van der Waals surface area contributed by atoms with Gasteiger partial charge in [0.05, 0.1) is 16.6 Å². The first kappa shape index (κ1) is 23.8. The Morgan fingerprint density at radius 1 is 0.571 bits per heavy atom. The number of aromatic nitrogens is 2. The lowest BCUT2D eigenvalue weighted by molar-refractivity contribution is 1.02. The summed E-state index contributed by atoms with van der Waals surface area (Å²) in [5.41, 5.74) is 10.2. The van der Waals surface area contributed by atoms with Crippen LogP contribution in [0, 0.1) is 0 Å². The van der Waals surface area contributed by atoms with Crippen molar-refractivity contribution in [3.05, 3.63) is 127 Å². The van der Waals surface area contributed by atoms with Crippen molar-refractivity contribution in [1.82, 2.24) is 9.13 Å². The number of para-hydroxylation sites is 3. The van der Waals surface area contributed by atoms with Gasteiger partial charge < -0.3 is 9.13 Å². The molecule has 200 valence electrons. The lowest BCUT2D eigenvalue weighted by Gasteiger charge is -2.12. The van der Waals surface area contributed by atoms with Gasteiger partial charge in [-0.1, -0.05) is 91.9 Å². The van der Waals surface area contributed by atoms with Crippen molar-refractivity contribution in [2.24, 2.45) is 7.05 Å². The molecule has 6 aromatic carbocycles. The molecule has 3 heteroatoms. The highest BCUT2D eigenvalue weighted by molar-refractivity contribution is 7.26. The molecular formula is C39H28N2S. The molecule has 3 heterocycles. The van der Waals surface area contributed by atoms with E-state index >= 15 is 0 Å². The fourth-order valence-electron chi connectivity index (χ4n) is 7.25. The van der Waals surface area contributed by atoms with Gasteiger partial charge >= 0.3 is 0 Å². The third-order valence-corrected chi connectivity index (χ3v) is 10.4. The average molecular weight is 557 g/mol. The molecule has 0 N–H and O–H groups in total. The predicted octanol–water partition coefficient (Wildman–Crippen LogP) is 11.0. The van der Waals surface area contributed by atoms with Crippen LogP contribution in [0.1, 0.15) is 12.5 Å². The summed E-state index contributed by atoms with van der Waals surface area (Å²) < 4.78 is 7.61. The van der Waals surface area contributed by atoms with E-state index in [2.05, 4.69) is 144 Å². The second-order valence-corrected chi connectivity index (χ2v) is 12.3. The van der Waals surface area contributed by atoms with E-state index in [1.165, 1.54) is 86.2 Å². The molecule has 42 heavy (non-hydrogen) atoms.